The van der Waals surface area contributed by atoms with Gasteiger partial charge in [0.05, 0.1) is 26.7 Å². The summed E-state index contributed by atoms with van der Waals surface area (Å²) < 4.78 is 15.9. The van der Waals surface area contributed by atoms with Crippen LogP contribution in [0.5, 0.6) is 17.2 Å². The van der Waals surface area contributed by atoms with E-state index in [9.17, 15) is 4.79 Å². The smallest absolute Gasteiger partial charge is 0.251 e. The summed E-state index contributed by atoms with van der Waals surface area (Å²) >= 11 is 0. The van der Waals surface area contributed by atoms with E-state index >= 15 is 0 Å². The summed E-state index contributed by atoms with van der Waals surface area (Å²) in [5, 5.41) is 3.46. The first kappa shape index (κ1) is 19.9. The van der Waals surface area contributed by atoms with Crippen LogP contribution < -0.4 is 31.0 Å². The average molecular weight is 398 g/mol. The molecular formula is C19H22N6O4. The number of carbonyl (C=O) groups excluding carboxylic acids is 1. The summed E-state index contributed by atoms with van der Waals surface area (Å²) in [4.78, 5) is 25.0. The Morgan fingerprint density at radius 3 is 2.31 bits per heavy atom. The molecule has 0 saturated heterocycles. The predicted octanol–water partition coefficient (Wildman–Crippen LogP) is 1.45. The first-order valence-corrected chi connectivity index (χ1v) is 8.65. The normalized spacial score (nSPS) is 10.6. The van der Waals surface area contributed by atoms with Crippen LogP contribution in [0, 0.1) is 6.92 Å². The Labute approximate surface area is 167 Å². The fraction of sp³-hybridized carbons (Fsp3) is 0.263. The number of aromatic nitrogens is 3. The minimum absolute atomic E-state index is 0.0605. The molecular weight excluding hydrogens is 376 g/mol. The van der Waals surface area contributed by atoms with E-state index in [0.29, 0.717) is 33.8 Å². The number of fused-ring (bicyclic) bond motifs is 1. The van der Waals surface area contributed by atoms with E-state index in [2.05, 4.69) is 20.3 Å². The van der Waals surface area contributed by atoms with Crippen molar-refractivity contribution in [2.24, 2.45) is 0 Å². The maximum Gasteiger partial charge on any atom is 0.251 e. The Kier molecular flexibility index (Phi) is 5.53. The molecule has 152 valence electrons. The third-order valence-corrected chi connectivity index (χ3v) is 4.50. The maximum absolute atomic E-state index is 12.7. The van der Waals surface area contributed by atoms with Crippen molar-refractivity contribution in [3.63, 3.8) is 0 Å². The molecule has 0 aliphatic heterocycles. The molecule has 10 nitrogen and oxygen atoms in total. The van der Waals surface area contributed by atoms with Crippen LogP contribution in [0.3, 0.4) is 0 Å². The van der Waals surface area contributed by atoms with E-state index < -0.39 is 0 Å². The zero-order valence-corrected chi connectivity index (χ0v) is 16.6. The van der Waals surface area contributed by atoms with E-state index in [4.69, 9.17) is 25.7 Å². The first-order chi connectivity index (χ1) is 13.9. The van der Waals surface area contributed by atoms with Gasteiger partial charge in [0.1, 0.15) is 5.82 Å². The van der Waals surface area contributed by atoms with Crippen molar-refractivity contribution < 1.29 is 19.0 Å². The Hall–Kier alpha value is -3.82. The number of pyridine rings is 1. The van der Waals surface area contributed by atoms with Gasteiger partial charge in [-0.1, -0.05) is 0 Å². The summed E-state index contributed by atoms with van der Waals surface area (Å²) in [5.41, 5.74) is 13.9. The van der Waals surface area contributed by atoms with Gasteiger partial charge in [0, 0.05) is 18.3 Å². The largest absolute Gasteiger partial charge is 0.493 e. The highest BCUT2D eigenvalue weighted by Gasteiger charge is 2.18. The maximum atomic E-state index is 12.7. The van der Waals surface area contributed by atoms with E-state index in [1.807, 2.05) is 6.92 Å². The molecule has 1 aromatic carbocycles. The van der Waals surface area contributed by atoms with Gasteiger partial charge in [-0.05, 0) is 30.2 Å². The van der Waals surface area contributed by atoms with Gasteiger partial charge in [0.25, 0.3) is 5.91 Å². The molecule has 0 radical (unpaired) electrons. The average Bonchev–Trinajstić information content (AvgIpc) is 2.71. The molecule has 10 heteroatoms. The molecule has 0 unspecified atom stereocenters. The molecule has 5 N–H and O–H groups in total. The minimum Gasteiger partial charge on any atom is -0.493 e. The van der Waals surface area contributed by atoms with Gasteiger partial charge >= 0.3 is 0 Å². The monoisotopic (exact) mass is 398 g/mol. The zero-order valence-electron chi connectivity index (χ0n) is 16.6. The highest BCUT2D eigenvalue weighted by atomic mass is 16.5. The van der Waals surface area contributed by atoms with Crippen LogP contribution in [0.4, 0.5) is 11.8 Å². The van der Waals surface area contributed by atoms with E-state index in [-0.39, 0.29) is 24.2 Å². The highest BCUT2D eigenvalue weighted by molar-refractivity contribution is 5.96. The summed E-state index contributed by atoms with van der Waals surface area (Å²) in [6.45, 7) is 2.09. The molecule has 0 atom stereocenters. The molecule has 2 aromatic heterocycles. The van der Waals surface area contributed by atoms with Crippen LogP contribution in [0.15, 0.2) is 18.3 Å². The second-order valence-electron chi connectivity index (χ2n) is 6.17. The number of nitrogens with two attached hydrogens (primary N) is 2. The van der Waals surface area contributed by atoms with Crippen LogP contribution in [0.1, 0.15) is 21.5 Å². The van der Waals surface area contributed by atoms with Crippen molar-refractivity contribution >= 4 is 28.7 Å². The fourth-order valence-electron chi connectivity index (χ4n) is 3.00. The number of amides is 1. The van der Waals surface area contributed by atoms with Crippen LogP contribution in [-0.2, 0) is 6.54 Å². The number of benzene rings is 1. The SMILES string of the molecule is COc1cc(C(=O)NCc2cnc3nc(N)nc(N)c3c2C)cc(OC)c1OC. The summed E-state index contributed by atoms with van der Waals surface area (Å²) in [7, 11) is 4.48. The zero-order chi connectivity index (χ0) is 21.1. The lowest BCUT2D eigenvalue weighted by molar-refractivity contribution is 0.0950. The molecule has 0 bridgehead atoms. The van der Waals surface area contributed by atoms with Gasteiger partial charge in [-0.3, -0.25) is 4.79 Å². The molecule has 0 fully saturated rings. The quantitative estimate of drug-likeness (QED) is 0.561. The number of nitrogen functional groups attached to an aromatic ring is 2. The number of hydrogen-bond donors (Lipinski definition) is 3. The van der Waals surface area contributed by atoms with Crippen molar-refractivity contribution in [2.75, 3.05) is 32.8 Å². The van der Waals surface area contributed by atoms with Gasteiger partial charge in [0.2, 0.25) is 11.7 Å². The Morgan fingerprint density at radius 1 is 1.07 bits per heavy atom. The molecule has 0 saturated carbocycles. The Morgan fingerprint density at radius 2 is 1.72 bits per heavy atom. The Bertz CT molecular complexity index is 1060. The minimum atomic E-state index is -0.315. The fourth-order valence-corrected chi connectivity index (χ4v) is 3.00. The number of ether oxygens (including phenoxy) is 3. The third-order valence-electron chi connectivity index (χ3n) is 4.50. The predicted molar refractivity (Wildman–Crippen MR) is 108 cm³/mol. The highest BCUT2D eigenvalue weighted by Crippen LogP contribution is 2.38. The van der Waals surface area contributed by atoms with Gasteiger partial charge in [-0.15, -0.1) is 0 Å². The molecule has 29 heavy (non-hydrogen) atoms. The van der Waals surface area contributed by atoms with Crippen molar-refractivity contribution in [2.45, 2.75) is 13.5 Å². The van der Waals surface area contributed by atoms with Crippen molar-refractivity contribution in [3.8, 4) is 17.2 Å². The van der Waals surface area contributed by atoms with Gasteiger partial charge < -0.3 is 31.0 Å². The molecule has 1 amide bonds. The van der Waals surface area contributed by atoms with Crippen molar-refractivity contribution in [3.05, 3.63) is 35.0 Å². The number of nitrogens with zero attached hydrogens (tertiary/aromatic N) is 3. The Balaban J connectivity index is 1.87. The van der Waals surface area contributed by atoms with Crippen molar-refractivity contribution in [1.82, 2.24) is 20.3 Å². The molecule has 3 aromatic rings. The molecule has 2 heterocycles. The van der Waals surface area contributed by atoms with Gasteiger partial charge in [0.15, 0.2) is 17.1 Å². The number of aryl methyl sites for hydroxylation is 1. The lowest BCUT2D eigenvalue weighted by Crippen LogP contribution is -2.23. The number of rotatable bonds is 6. The number of hydrogen-bond acceptors (Lipinski definition) is 9. The second kappa shape index (κ2) is 8.05. The topological polar surface area (TPSA) is 147 Å². The van der Waals surface area contributed by atoms with Crippen LogP contribution in [-0.4, -0.2) is 42.2 Å². The lowest BCUT2D eigenvalue weighted by atomic mass is 10.1. The molecule has 3 rings (SSSR count). The first-order valence-electron chi connectivity index (χ1n) is 8.65. The third kappa shape index (κ3) is 3.77. The standard InChI is InChI=1S/C19H22N6O4/c1-9-11(7-22-17-14(9)16(20)24-19(21)25-17)8-23-18(26)10-5-12(27-2)15(29-4)13(6-10)28-3/h5-7H,8H2,1-4H3,(H,23,26)(H4,20,21,22,24,25). The van der Waals surface area contributed by atoms with Gasteiger partial charge in [-0.2, -0.15) is 9.97 Å². The summed E-state index contributed by atoms with van der Waals surface area (Å²) in [5.74, 6) is 1.19. The number of nitrogens with one attached hydrogen (secondary N) is 1. The number of methoxy groups -OCH3 is 3. The summed E-state index contributed by atoms with van der Waals surface area (Å²) in [6, 6.07) is 3.16. The van der Waals surface area contributed by atoms with Gasteiger partial charge in [-0.25, -0.2) is 4.98 Å². The second-order valence-corrected chi connectivity index (χ2v) is 6.17. The van der Waals surface area contributed by atoms with Crippen LogP contribution in [0.25, 0.3) is 11.0 Å². The van der Waals surface area contributed by atoms with E-state index in [0.717, 1.165) is 11.1 Å². The van der Waals surface area contributed by atoms with E-state index in [1.165, 1.54) is 21.3 Å². The van der Waals surface area contributed by atoms with E-state index in [1.54, 1.807) is 18.3 Å². The number of carbonyl (C=O) groups is 1. The van der Waals surface area contributed by atoms with Crippen LogP contribution >= 0.6 is 0 Å². The number of anilines is 2. The van der Waals surface area contributed by atoms with Crippen molar-refractivity contribution in [1.29, 1.82) is 0 Å². The molecule has 0 spiro atoms. The van der Waals surface area contributed by atoms with Crippen LogP contribution in [0.2, 0.25) is 0 Å². The lowest BCUT2D eigenvalue weighted by Gasteiger charge is -2.14. The summed E-state index contributed by atoms with van der Waals surface area (Å²) in [6.07, 6.45) is 1.62. The molecule has 0 aliphatic carbocycles. The molecule has 0 aliphatic rings.